The lowest BCUT2D eigenvalue weighted by atomic mass is 9.85. The van der Waals surface area contributed by atoms with Crippen LogP contribution in [0.3, 0.4) is 0 Å². The van der Waals surface area contributed by atoms with E-state index in [-0.39, 0.29) is 22.1 Å². The van der Waals surface area contributed by atoms with Gasteiger partial charge in [-0.25, -0.2) is 8.78 Å². The molecule has 2 rings (SSSR count). The molecule has 0 heterocycles. The topological polar surface area (TPSA) is 35.8 Å². The molecule has 0 radical (unpaired) electrons. The summed E-state index contributed by atoms with van der Waals surface area (Å²) >= 11 is 3.03. The van der Waals surface area contributed by atoms with Crippen LogP contribution in [0.5, 0.6) is 0 Å². The summed E-state index contributed by atoms with van der Waals surface area (Å²) < 4.78 is 26.9. The van der Waals surface area contributed by atoms with Crippen molar-refractivity contribution in [3.05, 3.63) is 28.2 Å². The third-order valence-electron chi connectivity index (χ3n) is 3.28. The third kappa shape index (κ3) is 2.81. The Morgan fingerprint density at radius 3 is 2.67 bits per heavy atom. The zero-order valence-electron chi connectivity index (χ0n) is 9.72. The molecule has 18 heavy (non-hydrogen) atoms. The highest BCUT2D eigenvalue weighted by Crippen LogP contribution is 2.30. The average molecular weight is 315 g/mol. The molecule has 1 aromatic rings. The Kier molecular flexibility index (Phi) is 4.18. The van der Waals surface area contributed by atoms with Gasteiger partial charge in [0.15, 0.2) is 0 Å². The Hall–Kier alpha value is -1.15. The fourth-order valence-electron chi connectivity index (χ4n) is 2.29. The predicted octanol–water partition coefficient (Wildman–Crippen LogP) is 4.22. The molecular formula is C13H13BrF2N2. The van der Waals surface area contributed by atoms with Gasteiger partial charge in [0.1, 0.15) is 11.6 Å². The summed E-state index contributed by atoms with van der Waals surface area (Å²) in [6, 6.07) is 4.42. The summed E-state index contributed by atoms with van der Waals surface area (Å²) in [7, 11) is 0. The van der Waals surface area contributed by atoms with E-state index in [4.69, 9.17) is 5.26 Å². The minimum absolute atomic E-state index is 0.0596. The number of anilines is 1. The maximum atomic E-state index is 13.6. The maximum Gasteiger partial charge on any atom is 0.149 e. The molecule has 2 nitrogen and oxygen atoms in total. The van der Waals surface area contributed by atoms with Gasteiger partial charge in [-0.05, 0) is 34.8 Å². The molecule has 1 aromatic carbocycles. The summed E-state index contributed by atoms with van der Waals surface area (Å²) in [5, 5.41) is 12.1. The van der Waals surface area contributed by atoms with E-state index in [9.17, 15) is 8.78 Å². The van der Waals surface area contributed by atoms with Gasteiger partial charge in [0.05, 0.1) is 22.1 Å². The van der Waals surface area contributed by atoms with Crippen molar-refractivity contribution in [1.29, 1.82) is 5.26 Å². The lowest BCUT2D eigenvalue weighted by molar-refractivity contribution is 0.387. The quantitative estimate of drug-likeness (QED) is 0.829. The van der Waals surface area contributed by atoms with Crippen molar-refractivity contribution in [2.24, 2.45) is 5.92 Å². The van der Waals surface area contributed by atoms with Crippen LogP contribution in [-0.4, -0.2) is 6.04 Å². The molecule has 0 aromatic heterocycles. The van der Waals surface area contributed by atoms with Gasteiger partial charge in [0.25, 0.3) is 0 Å². The lowest BCUT2D eigenvalue weighted by Crippen LogP contribution is -2.31. The number of halogens is 3. The summed E-state index contributed by atoms with van der Waals surface area (Å²) in [5.74, 6) is -1.36. The first-order valence-electron chi connectivity index (χ1n) is 5.92. The molecule has 0 amide bonds. The van der Waals surface area contributed by atoms with Crippen molar-refractivity contribution in [3.8, 4) is 6.07 Å². The normalized spacial score (nSPS) is 23.4. The van der Waals surface area contributed by atoms with Gasteiger partial charge >= 0.3 is 0 Å². The second-order valence-corrected chi connectivity index (χ2v) is 5.37. The predicted molar refractivity (Wildman–Crippen MR) is 69.0 cm³/mol. The van der Waals surface area contributed by atoms with Crippen molar-refractivity contribution < 1.29 is 8.78 Å². The van der Waals surface area contributed by atoms with Crippen LogP contribution >= 0.6 is 15.9 Å². The molecule has 1 aliphatic rings. The number of nitrogens with one attached hydrogen (secondary N) is 1. The number of rotatable bonds is 2. The van der Waals surface area contributed by atoms with Gasteiger partial charge < -0.3 is 5.32 Å². The van der Waals surface area contributed by atoms with Crippen LogP contribution in [0.15, 0.2) is 16.6 Å². The van der Waals surface area contributed by atoms with Crippen molar-refractivity contribution in [3.63, 3.8) is 0 Å². The van der Waals surface area contributed by atoms with E-state index in [1.54, 1.807) is 0 Å². The third-order valence-corrected chi connectivity index (χ3v) is 3.89. The molecule has 0 aliphatic heterocycles. The number of nitriles is 1. The van der Waals surface area contributed by atoms with Crippen molar-refractivity contribution in [2.75, 3.05) is 5.32 Å². The average Bonchev–Trinajstić information content (AvgIpc) is 2.36. The van der Waals surface area contributed by atoms with E-state index in [0.717, 1.165) is 31.7 Å². The van der Waals surface area contributed by atoms with Crippen LogP contribution in [0.2, 0.25) is 0 Å². The molecule has 0 spiro atoms. The van der Waals surface area contributed by atoms with Gasteiger partial charge in [-0.15, -0.1) is 0 Å². The summed E-state index contributed by atoms with van der Waals surface area (Å²) in [4.78, 5) is 0. The number of nitrogens with zero attached hydrogens (tertiary/aromatic N) is 1. The van der Waals surface area contributed by atoms with E-state index in [2.05, 4.69) is 27.3 Å². The van der Waals surface area contributed by atoms with E-state index in [1.807, 2.05) is 0 Å². The van der Waals surface area contributed by atoms with Crippen LogP contribution in [0.25, 0.3) is 0 Å². The molecule has 5 heteroatoms. The largest absolute Gasteiger partial charge is 0.379 e. The molecule has 1 aliphatic carbocycles. The second-order valence-electron chi connectivity index (χ2n) is 4.52. The molecule has 96 valence electrons. The Bertz CT molecular complexity index is 485. The number of benzene rings is 1. The minimum Gasteiger partial charge on any atom is -0.379 e. The van der Waals surface area contributed by atoms with Gasteiger partial charge in [0.2, 0.25) is 0 Å². The van der Waals surface area contributed by atoms with Gasteiger partial charge in [-0.2, -0.15) is 5.26 Å². The first kappa shape index (κ1) is 13.3. The number of hydrogen-bond acceptors (Lipinski definition) is 2. The molecule has 2 unspecified atom stereocenters. The Morgan fingerprint density at radius 2 is 1.94 bits per heavy atom. The molecule has 2 atom stereocenters. The van der Waals surface area contributed by atoms with Crippen molar-refractivity contribution in [2.45, 2.75) is 31.7 Å². The van der Waals surface area contributed by atoms with Gasteiger partial charge in [-0.1, -0.05) is 12.8 Å². The first-order chi connectivity index (χ1) is 8.61. The summed E-state index contributed by atoms with van der Waals surface area (Å²) in [6.07, 6.45) is 3.73. The first-order valence-corrected chi connectivity index (χ1v) is 6.72. The lowest BCUT2D eigenvalue weighted by Gasteiger charge is -2.28. The SMILES string of the molecule is N#CC1CCCCC1Nc1cc(Br)c(F)cc1F. The monoisotopic (exact) mass is 314 g/mol. The Morgan fingerprint density at radius 1 is 1.22 bits per heavy atom. The maximum absolute atomic E-state index is 13.6. The minimum atomic E-state index is -0.627. The van der Waals surface area contributed by atoms with E-state index in [0.29, 0.717) is 0 Å². The van der Waals surface area contributed by atoms with Crippen LogP contribution in [0, 0.1) is 28.9 Å². The Balaban J connectivity index is 2.18. The number of hydrogen-bond donors (Lipinski definition) is 1. The van der Waals surface area contributed by atoms with E-state index < -0.39 is 11.6 Å². The van der Waals surface area contributed by atoms with Gasteiger partial charge in [0, 0.05) is 12.1 Å². The van der Waals surface area contributed by atoms with Crippen LogP contribution in [0.4, 0.5) is 14.5 Å². The molecule has 1 N–H and O–H groups in total. The highest BCUT2D eigenvalue weighted by Gasteiger charge is 2.25. The van der Waals surface area contributed by atoms with E-state index in [1.165, 1.54) is 6.07 Å². The van der Waals surface area contributed by atoms with Crippen LogP contribution in [-0.2, 0) is 0 Å². The standard InChI is InChI=1S/C13H13BrF2N2/c14-9-5-13(11(16)6-10(9)15)18-12-4-2-1-3-8(12)7-17/h5-6,8,12,18H,1-4H2. The van der Waals surface area contributed by atoms with Gasteiger partial charge in [-0.3, -0.25) is 0 Å². The van der Waals surface area contributed by atoms with E-state index >= 15 is 0 Å². The zero-order chi connectivity index (χ0) is 13.1. The second kappa shape index (κ2) is 5.66. The zero-order valence-corrected chi connectivity index (χ0v) is 11.3. The molecule has 0 bridgehead atoms. The fourth-order valence-corrected chi connectivity index (χ4v) is 2.63. The summed E-state index contributed by atoms with van der Waals surface area (Å²) in [5.41, 5.74) is 0.246. The van der Waals surface area contributed by atoms with Crippen LogP contribution < -0.4 is 5.32 Å². The molecule has 0 saturated heterocycles. The molecule has 1 fully saturated rings. The Labute approximate surface area is 113 Å². The fraction of sp³-hybridized carbons (Fsp3) is 0.462. The van der Waals surface area contributed by atoms with Crippen LogP contribution in [0.1, 0.15) is 25.7 Å². The van der Waals surface area contributed by atoms with Crippen molar-refractivity contribution in [1.82, 2.24) is 0 Å². The highest BCUT2D eigenvalue weighted by atomic mass is 79.9. The molecular weight excluding hydrogens is 302 g/mol. The summed E-state index contributed by atoms with van der Waals surface area (Å²) in [6.45, 7) is 0. The molecule has 1 saturated carbocycles. The van der Waals surface area contributed by atoms with Crippen molar-refractivity contribution >= 4 is 21.6 Å². The highest BCUT2D eigenvalue weighted by molar-refractivity contribution is 9.10. The smallest absolute Gasteiger partial charge is 0.149 e.